The first-order chi connectivity index (χ1) is 12.6. The number of thioether (sulfide) groups is 1. The molecule has 5 nitrogen and oxygen atoms in total. The highest BCUT2D eigenvalue weighted by Gasteiger charge is 2.47. The smallest absolute Gasteiger partial charge is 0.320 e. The van der Waals surface area contributed by atoms with Crippen LogP contribution in [0.5, 0.6) is 0 Å². The van der Waals surface area contributed by atoms with Crippen molar-refractivity contribution in [3.8, 4) is 0 Å². The SMILES string of the molecule is Cc1cc(NC2=[N+](c3ccccc3)C(O)(c3ccc(Br)cc3)CS2)n[nH]1.[Br-]. The van der Waals surface area contributed by atoms with Crippen LogP contribution in [-0.4, -0.2) is 30.8 Å². The fourth-order valence-electron chi connectivity index (χ4n) is 2.99. The molecule has 0 bridgehead atoms. The number of nitrogens with zero attached hydrogens (tertiary/aromatic N) is 2. The Morgan fingerprint density at radius 2 is 1.89 bits per heavy atom. The molecule has 1 aromatic heterocycles. The number of para-hydroxylation sites is 1. The molecule has 2 aromatic carbocycles. The van der Waals surface area contributed by atoms with E-state index in [9.17, 15) is 5.11 Å². The fourth-order valence-corrected chi connectivity index (χ4v) is 4.45. The van der Waals surface area contributed by atoms with Crippen molar-refractivity contribution in [3.05, 3.63) is 76.4 Å². The van der Waals surface area contributed by atoms with Gasteiger partial charge in [-0.25, -0.2) is 5.32 Å². The minimum Gasteiger partial charge on any atom is -1.00 e. The predicted octanol–water partition coefficient (Wildman–Crippen LogP) is 1.19. The van der Waals surface area contributed by atoms with Gasteiger partial charge in [-0.15, -0.1) is 5.10 Å². The van der Waals surface area contributed by atoms with Gasteiger partial charge in [-0.05, 0) is 43.0 Å². The molecule has 140 valence electrons. The summed E-state index contributed by atoms with van der Waals surface area (Å²) in [5.74, 6) is 1.24. The van der Waals surface area contributed by atoms with Crippen LogP contribution in [0, 0.1) is 6.92 Å². The van der Waals surface area contributed by atoms with E-state index in [1.165, 1.54) is 0 Å². The van der Waals surface area contributed by atoms with Crippen LogP contribution in [0.1, 0.15) is 11.3 Å². The van der Waals surface area contributed by atoms with E-state index in [1.807, 2.05) is 72.2 Å². The van der Waals surface area contributed by atoms with Crippen LogP contribution in [0.4, 0.5) is 11.5 Å². The standard InChI is InChI=1S/C19H17BrN4OS.BrH/c1-13-11-17(23-22-13)21-18-24(16-5-3-2-4-6-16)19(25,12-26-18)14-7-9-15(20)10-8-14;/h2-11,25H,12H2,1H3,(H,22,23);1H. The molecule has 0 fully saturated rings. The lowest BCUT2D eigenvalue weighted by Gasteiger charge is -2.24. The summed E-state index contributed by atoms with van der Waals surface area (Å²) in [6.07, 6.45) is 0. The van der Waals surface area contributed by atoms with Gasteiger partial charge in [0.1, 0.15) is 5.69 Å². The zero-order chi connectivity index (χ0) is 18.1. The van der Waals surface area contributed by atoms with Gasteiger partial charge < -0.3 is 22.1 Å². The van der Waals surface area contributed by atoms with Crippen molar-refractivity contribution < 1.29 is 26.7 Å². The number of hydrogen-bond donors (Lipinski definition) is 3. The number of halogens is 2. The van der Waals surface area contributed by atoms with E-state index in [2.05, 4.69) is 31.4 Å². The van der Waals surface area contributed by atoms with E-state index in [0.29, 0.717) is 5.75 Å². The van der Waals surface area contributed by atoms with E-state index < -0.39 is 5.72 Å². The predicted molar refractivity (Wildman–Crippen MR) is 109 cm³/mol. The molecule has 1 aliphatic heterocycles. The van der Waals surface area contributed by atoms with Crippen molar-refractivity contribution in [3.63, 3.8) is 0 Å². The summed E-state index contributed by atoms with van der Waals surface area (Å²) in [4.78, 5) is 0. The number of anilines is 1. The second-order valence-corrected chi connectivity index (χ2v) is 8.03. The lowest BCUT2D eigenvalue weighted by atomic mass is 10.0. The largest absolute Gasteiger partial charge is 1.00 e. The zero-order valence-electron chi connectivity index (χ0n) is 14.5. The molecule has 0 amide bonds. The maximum atomic E-state index is 11.6. The lowest BCUT2D eigenvalue weighted by Crippen LogP contribution is -3.00. The average Bonchev–Trinajstić information content (AvgIpc) is 3.20. The zero-order valence-corrected chi connectivity index (χ0v) is 18.5. The number of aromatic amines is 1. The highest BCUT2D eigenvalue weighted by atomic mass is 79.9. The van der Waals surface area contributed by atoms with Crippen LogP contribution in [0.15, 0.2) is 65.1 Å². The molecule has 0 spiro atoms. The summed E-state index contributed by atoms with van der Waals surface area (Å²) >= 11 is 5.03. The number of hydrogen-bond acceptors (Lipinski definition) is 4. The normalized spacial score (nSPS) is 19.1. The summed E-state index contributed by atoms with van der Waals surface area (Å²) in [5, 5.41) is 23.0. The van der Waals surface area contributed by atoms with Gasteiger partial charge in [-0.2, -0.15) is 4.58 Å². The monoisotopic (exact) mass is 508 g/mol. The van der Waals surface area contributed by atoms with Crippen molar-refractivity contribution in [2.75, 3.05) is 11.1 Å². The van der Waals surface area contributed by atoms with Gasteiger partial charge in [0.05, 0.1) is 5.75 Å². The van der Waals surface area contributed by atoms with Crippen LogP contribution in [-0.2, 0) is 5.72 Å². The summed E-state index contributed by atoms with van der Waals surface area (Å²) < 4.78 is 2.92. The quantitative estimate of drug-likeness (QED) is 0.464. The Labute approximate surface area is 180 Å². The van der Waals surface area contributed by atoms with Crippen LogP contribution >= 0.6 is 27.7 Å². The van der Waals surface area contributed by atoms with Gasteiger partial charge in [-0.3, -0.25) is 5.10 Å². The van der Waals surface area contributed by atoms with Gasteiger partial charge in [0, 0.05) is 21.8 Å². The number of nitrogens with one attached hydrogen (secondary N) is 2. The maximum absolute atomic E-state index is 11.6. The van der Waals surface area contributed by atoms with Gasteiger partial charge in [0.25, 0.3) is 0 Å². The number of aryl methyl sites for hydroxylation is 1. The Morgan fingerprint density at radius 1 is 1.19 bits per heavy atom. The van der Waals surface area contributed by atoms with Crippen molar-refractivity contribution in [2.45, 2.75) is 12.6 Å². The topological polar surface area (TPSA) is 63.9 Å². The molecule has 4 rings (SSSR count). The number of rotatable bonds is 3. The molecule has 1 aliphatic rings. The summed E-state index contributed by atoms with van der Waals surface area (Å²) in [5.41, 5.74) is 1.58. The fraction of sp³-hybridized carbons (Fsp3) is 0.158. The van der Waals surface area contributed by atoms with E-state index in [-0.39, 0.29) is 17.0 Å². The van der Waals surface area contributed by atoms with E-state index in [4.69, 9.17) is 0 Å². The van der Waals surface area contributed by atoms with Crippen LogP contribution in [0.2, 0.25) is 0 Å². The Hall–Kier alpha value is -1.61. The molecule has 1 unspecified atom stereocenters. The van der Waals surface area contributed by atoms with E-state index in [1.54, 1.807) is 11.8 Å². The molecule has 27 heavy (non-hydrogen) atoms. The third-order valence-corrected chi connectivity index (χ3v) is 5.88. The molecule has 2 heterocycles. The molecule has 0 saturated carbocycles. The first-order valence-corrected chi connectivity index (χ1v) is 9.96. The molecule has 3 aromatic rings. The molecule has 3 N–H and O–H groups in total. The number of aromatic nitrogens is 2. The minimum atomic E-state index is -1.15. The van der Waals surface area contributed by atoms with Gasteiger partial charge in [0.15, 0.2) is 0 Å². The maximum Gasteiger partial charge on any atom is 0.320 e. The van der Waals surface area contributed by atoms with E-state index in [0.717, 1.165) is 32.4 Å². The summed E-state index contributed by atoms with van der Waals surface area (Å²) in [6.45, 7) is 1.96. The van der Waals surface area contributed by atoms with Crippen LogP contribution in [0.3, 0.4) is 0 Å². The van der Waals surface area contributed by atoms with Crippen molar-refractivity contribution in [2.24, 2.45) is 0 Å². The van der Waals surface area contributed by atoms with Crippen LogP contribution in [0.25, 0.3) is 0 Å². The Balaban J connectivity index is 0.00000210. The second-order valence-electron chi connectivity index (χ2n) is 6.15. The molecule has 0 saturated heterocycles. The second kappa shape index (κ2) is 8.18. The number of H-pyrrole nitrogens is 1. The van der Waals surface area contributed by atoms with E-state index >= 15 is 0 Å². The number of benzene rings is 2. The van der Waals surface area contributed by atoms with Crippen molar-refractivity contribution >= 4 is 44.4 Å². The highest BCUT2D eigenvalue weighted by molar-refractivity contribution is 9.10. The van der Waals surface area contributed by atoms with Crippen molar-refractivity contribution in [1.29, 1.82) is 0 Å². The minimum absolute atomic E-state index is 0. The van der Waals surface area contributed by atoms with Gasteiger partial charge >= 0.3 is 5.17 Å². The molecular weight excluding hydrogens is 492 g/mol. The first-order valence-electron chi connectivity index (χ1n) is 8.19. The molecule has 1 atom stereocenters. The Morgan fingerprint density at radius 3 is 2.52 bits per heavy atom. The van der Waals surface area contributed by atoms with Crippen molar-refractivity contribution in [1.82, 2.24) is 10.2 Å². The molecule has 0 radical (unpaired) electrons. The Kier molecular flexibility index (Phi) is 6.10. The van der Waals surface area contributed by atoms with Gasteiger partial charge in [0.2, 0.25) is 11.5 Å². The Bertz CT molecular complexity index is 959. The third kappa shape index (κ3) is 3.99. The van der Waals surface area contributed by atoms with Crippen LogP contribution < -0.4 is 22.3 Å². The molecule has 0 aliphatic carbocycles. The number of amidine groups is 1. The lowest BCUT2D eigenvalue weighted by molar-refractivity contribution is -0.592. The highest BCUT2D eigenvalue weighted by Crippen LogP contribution is 2.39. The molecule has 8 heteroatoms. The summed E-state index contributed by atoms with van der Waals surface area (Å²) in [6, 6.07) is 19.6. The molecular formula is C19H18Br2N4OS. The average molecular weight is 510 g/mol. The first kappa shape index (κ1) is 20.1. The summed E-state index contributed by atoms with van der Waals surface area (Å²) in [7, 11) is 0. The van der Waals surface area contributed by atoms with Gasteiger partial charge in [-0.1, -0.05) is 46.3 Å². The third-order valence-electron chi connectivity index (χ3n) is 4.25. The number of aliphatic hydroxyl groups is 1.